The van der Waals surface area contributed by atoms with Crippen molar-refractivity contribution in [2.45, 2.75) is 0 Å². The molecule has 0 bridgehead atoms. The molecule has 0 atom stereocenters. The predicted octanol–water partition coefficient (Wildman–Crippen LogP) is 6.51. The van der Waals surface area contributed by atoms with Crippen LogP contribution in [0.4, 0.5) is 5.69 Å². The van der Waals surface area contributed by atoms with Gasteiger partial charge in [-0.05, 0) is 42.5 Å². The van der Waals surface area contributed by atoms with Crippen LogP contribution >= 0.6 is 0 Å². The zero-order valence-corrected chi connectivity index (χ0v) is 17.0. The topological polar surface area (TPSA) is 26.5 Å². The van der Waals surface area contributed by atoms with E-state index in [1.807, 2.05) is 30.3 Å². The van der Waals surface area contributed by atoms with Crippen molar-refractivity contribution in [3.05, 3.63) is 108 Å². The van der Waals surface area contributed by atoms with Crippen LogP contribution in [0.1, 0.15) is 11.1 Å². The van der Waals surface area contributed by atoms with Crippen molar-refractivity contribution in [2.24, 2.45) is 12.0 Å². The van der Waals surface area contributed by atoms with Crippen molar-refractivity contribution in [2.75, 3.05) is 7.11 Å². The Hall–Kier alpha value is -3.85. The molecule has 4 aromatic carbocycles. The Kier molecular flexibility index (Phi) is 4.56. The Morgan fingerprint density at radius 2 is 1.40 bits per heavy atom. The van der Waals surface area contributed by atoms with Crippen molar-refractivity contribution in [3.8, 4) is 5.75 Å². The number of rotatable bonds is 4. The quantitative estimate of drug-likeness (QED) is 0.321. The average molecular weight is 390 g/mol. The number of aryl methyl sites for hydroxylation is 1. The summed E-state index contributed by atoms with van der Waals surface area (Å²) in [5.74, 6) is 0.826. The highest BCUT2D eigenvalue weighted by Gasteiger charge is 2.12. The summed E-state index contributed by atoms with van der Waals surface area (Å²) < 4.78 is 7.53. The van der Waals surface area contributed by atoms with E-state index in [0.717, 1.165) is 28.3 Å². The summed E-state index contributed by atoms with van der Waals surface area (Å²) in [5.41, 5.74) is 6.49. The van der Waals surface area contributed by atoms with Gasteiger partial charge in [0.25, 0.3) is 0 Å². The lowest BCUT2D eigenvalue weighted by Gasteiger charge is -2.09. The fourth-order valence-corrected chi connectivity index (χ4v) is 3.99. The van der Waals surface area contributed by atoms with Gasteiger partial charge < -0.3 is 9.30 Å². The zero-order valence-electron chi connectivity index (χ0n) is 17.0. The van der Waals surface area contributed by atoms with Crippen molar-refractivity contribution in [1.29, 1.82) is 0 Å². The van der Waals surface area contributed by atoms with Gasteiger partial charge in [0.15, 0.2) is 0 Å². The number of para-hydroxylation sites is 1. The van der Waals surface area contributed by atoms with E-state index in [0.29, 0.717) is 0 Å². The van der Waals surface area contributed by atoms with Crippen LogP contribution in [-0.2, 0) is 7.05 Å². The van der Waals surface area contributed by atoms with Gasteiger partial charge in [0.05, 0.1) is 18.5 Å². The van der Waals surface area contributed by atoms with Crippen LogP contribution in [0, 0.1) is 0 Å². The Morgan fingerprint density at radius 1 is 0.700 bits per heavy atom. The van der Waals surface area contributed by atoms with Gasteiger partial charge in [0, 0.05) is 40.0 Å². The number of hydrogen-bond donors (Lipinski definition) is 0. The highest BCUT2D eigenvalue weighted by atomic mass is 16.5. The molecular formula is C27H22N2O. The van der Waals surface area contributed by atoms with E-state index in [1.165, 1.54) is 21.8 Å². The second-order valence-electron chi connectivity index (χ2n) is 7.33. The highest BCUT2D eigenvalue weighted by Crippen LogP contribution is 2.30. The molecular weight excluding hydrogens is 368 g/mol. The maximum absolute atomic E-state index is 5.28. The fourth-order valence-electron chi connectivity index (χ4n) is 3.99. The Balaban J connectivity index is 1.72. The molecule has 5 rings (SSSR count). The number of fused-ring (bicyclic) bond motifs is 3. The molecule has 0 aliphatic heterocycles. The van der Waals surface area contributed by atoms with Gasteiger partial charge >= 0.3 is 0 Å². The van der Waals surface area contributed by atoms with E-state index in [9.17, 15) is 0 Å². The third-order valence-electron chi connectivity index (χ3n) is 5.55. The van der Waals surface area contributed by atoms with Crippen LogP contribution < -0.4 is 4.74 Å². The first-order chi connectivity index (χ1) is 14.7. The molecule has 30 heavy (non-hydrogen) atoms. The summed E-state index contributed by atoms with van der Waals surface area (Å²) in [6.07, 6.45) is 0. The Morgan fingerprint density at radius 3 is 2.17 bits per heavy atom. The van der Waals surface area contributed by atoms with Gasteiger partial charge in [-0.1, -0.05) is 54.6 Å². The van der Waals surface area contributed by atoms with Gasteiger partial charge in [-0.25, -0.2) is 4.99 Å². The van der Waals surface area contributed by atoms with Gasteiger partial charge in [-0.15, -0.1) is 0 Å². The fraction of sp³-hybridized carbons (Fsp3) is 0.0741. The summed E-state index contributed by atoms with van der Waals surface area (Å²) in [6, 6.07) is 33.3. The van der Waals surface area contributed by atoms with Crippen LogP contribution in [0.3, 0.4) is 0 Å². The molecule has 0 saturated heterocycles. The molecule has 146 valence electrons. The molecule has 3 heteroatoms. The molecule has 0 saturated carbocycles. The predicted molar refractivity (Wildman–Crippen MR) is 125 cm³/mol. The van der Waals surface area contributed by atoms with Crippen molar-refractivity contribution in [1.82, 2.24) is 4.57 Å². The first kappa shape index (κ1) is 18.2. The molecule has 0 aliphatic carbocycles. The number of ether oxygens (including phenoxy) is 1. The number of hydrogen-bond acceptors (Lipinski definition) is 2. The number of benzene rings is 4. The largest absolute Gasteiger partial charge is 0.497 e. The standard InChI is InChI=1S/C27H22N2O/c1-29-25-11-7-6-10-23(25)24-18-20(12-17-26(24)29)27(19-8-4-3-5-9-19)28-21-13-15-22(30-2)16-14-21/h3-18H,1-2H3. The average Bonchev–Trinajstić information content (AvgIpc) is 3.10. The highest BCUT2D eigenvalue weighted by molar-refractivity contribution is 6.17. The van der Waals surface area contributed by atoms with Gasteiger partial charge in [0.1, 0.15) is 5.75 Å². The van der Waals surface area contributed by atoms with E-state index >= 15 is 0 Å². The van der Waals surface area contributed by atoms with Crippen molar-refractivity contribution in [3.63, 3.8) is 0 Å². The lowest BCUT2D eigenvalue weighted by atomic mass is 10.00. The smallest absolute Gasteiger partial charge is 0.119 e. The normalized spacial score (nSPS) is 11.9. The maximum Gasteiger partial charge on any atom is 0.119 e. The molecule has 1 heterocycles. The van der Waals surface area contributed by atoms with Crippen LogP contribution in [-0.4, -0.2) is 17.4 Å². The van der Waals surface area contributed by atoms with E-state index < -0.39 is 0 Å². The summed E-state index contributed by atoms with van der Waals surface area (Å²) >= 11 is 0. The van der Waals surface area contributed by atoms with E-state index in [4.69, 9.17) is 9.73 Å². The summed E-state index contributed by atoms with van der Waals surface area (Å²) in [4.78, 5) is 5.02. The monoisotopic (exact) mass is 390 g/mol. The van der Waals surface area contributed by atoms with E-state index in [-0.39, 0.29) is 0 Å². The van der Waals surface area contributed by atoms with Crippen LogP contribution in [0.2, 0.25) is 0 Å². The molecule has 0 N–H and O–H groups in total. The third-order valence-corrected chi connectivity index (χ3v) is 5.55. The number of aliphatic imine (C=N–C) groups is 1. The molecule has 0 spiro atoms. The van der Waals surface area contributed by atoms with Crippen molar-refractivity contribution >= 4 is 33.2 Å². The molecule has 1 aromatic heterocycles. The molecule has 0 aliphatic rings. The van der Waals surface area contributed by atoms with E-state index in [1.54, 1.807) is 7.11 Å². The SMILES string of the molecule is COc1ccc(N=C(c2ccccc2)c2ccc3c(c2)c2ccccc2n3C)cc1. The lowest BCUT2D eigenvalue weighted by Crippen LogP contribution is -2.03. The minimum absolute atomic E-state index is 0.826. The maximum atomic E-state index is 5.28. The number of nitrogens with zero attached hydrogens (tertiary/aromatic N) is 2. The molecule has 0 fully saturated rings. The van der Waals surface area contributed by atoms with E-state index in [2.05, 4.69) is 78.3 Å². The number of aromatic nitrogens is 1. The molecule has 0 unspecified atom stereocenters. The zero-order chi connectivity index (χ0) is 20.5. The molecule has 5 aromatic rings. The molecule has 0 amide bonds. The Labute approximate surface area is 175 Å². The first-order valence-electron chi connectivity index (χ1n) is 10.0. The van der Waals surface area contributed by atoms with Crippen LogP contribution in [0.15, 0.2) is 102 Å². The molecule has 3 nitrogen and oxygen atoms in total. The molecule has 0 radical (unpaired) electrons. The summed E-state index contributed by atoms with van der Waals surface area (Å²) in [6.45, 7) is 0. The number of methoxy groups -OCH3 is 1. The lowest BCUT2D eigenvalue weighted by molar-refractivity contribution is 0.415. The summed E-state index contributed by atoms with van der Waals surface area (Å²) in [5, 5.41) is 2.50. The van der Waals surface area contributed by atoms with Crippen LogP contribution in [0.25, 0.3) is 21.8 Å². The minimum Gasteiger partial charge on any atom is -0.497 e. The Bertz CT molecular complexity index is 1360. The second-order valence-corrected chi connectivity index (χ2v) is 7.33. The van der Waals surface area contributed by atoms with Gasteiger partial charge in [0.2, 0.25) is 0 Å². The van der Waals surface area contributed by atoms with Gasteiger partial charge in [-0.2, -0.15) is 0 Å². The first-order valence-corrected chi connectivity index (χ1v) is 10.0. The van der Waals surface area contributed by atoms with Crippen LogP contribution in [0.5, 0.6) is 5.75 Å². The minimum atomic E-state index is 0.826. The second kappa shape index (κ2) is 7.53. The van der Waals surface area contributed by atoms with Gasteiger partial charge in [-0.3, -0.25) is 0 Å². The summed E-state index contributed by atoms with van der Waals surface area (Å²) in [7, 11) is 3.79. The van der Waals surface area contributed by atoms with Crippen molar-refractivity contribution < 1.29 is 4.74 Å². The third kappa shape index (κ3) is 3.15.